The van der Waals surface area contributed by atoms with Crippen LogP contribution >= 0.6 is 15.9 Å². The molecule has 0 amide bonds. The maximum atomic E-state index is 4.34. The largest absolute Gasteiger partial charge is 0.308 e. The summed E-state index contributed by atoms with van der Waals surface area (Å²) >= 11 is 3.57. The number of aromatic nitrogens is 3. The van der Waals surface area contributed by atoms with Crippen LogP contribution in [0.2, 0.25) is 0 Å². The minimum Gasteiger partial charge on any atom is -0.308 e. The van der Waals surface area contributed by atoms with Crippen molar-refractivity contribution >= 4 is 15.9 Å². The van der Waals surface area contributed by atoms with E-state index in [-0.39, 0.29) is 6.04 Å². The fraction of sp³-hybridized carbons (Fsp3) is 0.385. The van der Waals surface area contributed by atoms with Gasteiger partial charge in [0, 0.05) is 23.1 Å². The van der Waals surface area contributed by atoms with Crippen LogP contribution in [-0.4, -0.2) is 21.3 Å². The second-order valence-corrected chi connectivity index (χ2v) is 5.53. The molecular weight excluding hydrogens is 292 g/mol. The van der Waals surface area contributed by atoms with Gasteiger partial charge >= 0.3 is 0 Å². The van der Waals surface area contributed by atoms with Gasteiger partial charge in [0.15, 0.2) is 5.82 Å². The van der Waals surface area contributed by atoms with Crippen molar-refractivity contribution in [2.45, 2.75) is 26.4 Å². The summed E-state index contributed by atoms with van der Waals surface area (Å²) in [6, 6.07) is 6.59. The van der Waals surface area contributed by atoms with Crippen molar-refractivity contribution in [3.8, 4) is 11.4 Å². The standard InChI is InChI=1S/C13H15BrN4/c1-8-3-4-10(7-11(8)14)13-17-16-12-9(2)15-5-6-18(12)13/h3-4,7,9,15H,5-6H2,1-2H3. The zero-order valence-corrected chi connectivity index (χ0v) is 12.0. The average molecular weight is 307 g/mol. The van der Waals surface area contributed by atoms with E-state index in [0.717, 1.165) is 34.8 Å². The number of hydrogen-bond acceptors (Lipinski definition) is 3. The summed E-state index contributed by atoms with van der Waals surface area (Å²) in [5.74, 6) is 1.98. The summed E-state index contributed by atoms with van der Waals surface area (Å²) in [4.78, 5) is 0. The van der Waals surface area contributed by atoms with Crippen LogP contribution in [0.5, 0.6) is 0 Å². The number of benzene rings is 1. The van der Waals surface area contributed by atoms with Gasteiger partial charge in [0.2, 0.25) is 0 Å². The minimum absolute atomic E-state index is 0.272. The van der Waals surface area contributed by atoms with Gasteiger partial charge in [-0.3, -0.25) is 0 Å². The molecule has 2 heterocycles. The molecular formula is C13H15BrN4. The Balaban J connectivity index is 2.09. The van der Waals surface area contributed by atoms with Crippen molar-refractivity contribution in [3.63, 3.8) is 0 Å². The zero-order valence-electron chi connectivity index (χ0n) is 10.4. The lowest BCUT2D eigenvalue weighted by Crippen LogP contribution is -2.32. The van der Waals surface area contributed by atoms with E-state index >= 15 is 0 Å². The maximum absolute atomic E-state index is 4.34. The second kappa shape index (κ2) is 4.48. The lowest BCUT2D eigenvalue weighted by atomic mass is 10.1. The molecule has 1 unspecified atom stereocenters. The minimum atomic E-state index is 0.272. The van der Waals surface area contributed by atoms with Crippen molar-refractivity contribution in [2.24, 2.45) is 0 Å². The molecule has 1 aromatic heterocycles. The van der Waals surface area contributed by atoms with Crippen LogP contribution in [0.25, 0.3) is 11.4 Å². The predicted molar refractivity (Wildman–Crippen MR) is 74.3 cm³/mol. The number of rotatable bonds is 1. The van der Waals surface area contributed by atoms with Gasteiger partial charge in [-0.05, 0) is 25.5 Å². The van der Waals surface area contributed by atoms with Crippen molar-refractivity contribution in [1.29, 1.82) is 0 Å². The highest BCUT2D eigenvalue weighted by molar-refractivity contribution is 9.10. The first-order chi connectivity index (χ1) is 8.66. The van der Waals surface area contributed by atoms with E-state index in [1.807, 2.05) is 0 Å². The van der Waals surface area contributed by atoms with Crippen LogP contribution in [0.15, 0.2) is 22.7 Å². The van der Waals surface area contributed by atoms with E-state index in [9.17, 15) is 0 Å². The van der Waals surface area contributed by atoms with Gasteiger partial charge in [-0.15, -0.1) is 10.2 Å². The smallest absolute Gasteiger partial charge is 0.164 e. The molecule has 1 aliphatic rings. The quantitative estimate of drug-likeness (QED) is 0.881. The molecule has 94 valence electrons. The van der Waals surface area contributed by atoms with E-state index in [1.54, 1.807) is 0 Å². The third-order valence-electron chi connectivity index (χ3n) is 3.38. The van der Waals surface area contributed by atoms with Crippen molar-refractivity contribution in [2.75, 3.05) is 6.54 Å². The fourth-order valence-corrected chi connectivity index (χ4v) is 2.66. The Bertz CT molecular complexity index is 591. The first-order valence-electron chi connectivity index (χ1n) is 6.10. The Morgan fingerprint density at radius 2 is 2.22 bits per heavy atom. The van der Waals surface area contributed by atoms with Crippen molar-refractivity contribution < 1.29 is 0 Å². The number of nitrogens with zero attached hydrogens (tertiary/aromatic N) is 3. The fourth-order valence-electron chi connectivity index (χ4n) is 2.29. The summed E-state index contributed by atoms with van der Waals surface area (Å²) in [5.41, 5.74) is 2.34. The van der Waals surface area contributed by atoms with Gasteiger partial charge in [-0.25, -0.2) is 0 Å². The zero-order chi connectivity index (χ0) is 12.7. The lowest BCUT2D eigenvalue weighted by molar-refractivity contribution is 0.439. The second-order valence-electron chi connectivity index (χ2n) is 4.67. The number of nitrogens with one attached hydrogen (secondary N) is 1. The lowest BCUT2D eigenvalue weighted by Gasteiger charge is -2.22. The maximum Gasteiger partial charge on any atom is 0.164 e. The molecule has 1 aliphatic heterocycles. The highest BCUT2D eigenvalue weighted by atomic mass is 79.9. The first kappa shape index (κ1) is 11.9. The molecule has 1 aromatic carbocycles. The van der Waals surface area contributed by atoms with Gasteiger partial charge in [0.05, 0.1) is 6.04 Å². The van der Waals surface area contributed by atoms with Crippen LogP contribution in [0.3, 0.4) is 0 Å². The normalized spacial score (nSPS) is 18.7. The molecule has 0 fully saturated rings. The molecule has 1 atom stereocenters. The Kier molecular flexibility index (Phi) is 2.95. The van der Waals surface area contributed by atoms with Crippen LogP contribution in [0.4, 0.5) is 0 Å². The van der Waals surface area contributed by atoms with Crippen molar-refractivity contribution in [1.82, 2.24) is 20.1 Å². The number of aryl methyl sites for hydroxylation is 1. The molecule has 2 aromatic rings. The molecule has 0 radical (unpaired) electrons. The van der Waals surface area contributed by atoms with Crippen LogP contribution in [0.1, 0.15) is 24.4 Å². The first-order valence-corrected chi connectivity index (χ1v) is 6.89. The van der Waals surface area contributed by atoms with Gasteiger partial charge in [0.1, 0.15) is 5.82 Å². The molecule has 0 bridgehead atoms. The molecule has 1 N–H and O–H groups in total. The number of hydrogen-bond donors (Lipinski definition) is 1. The van der Waals surface area contributed by atoms with Crippen LogP contribution < -0.4 is 5.32 Å². The monoisotopic (exact) mass is 306 g/mol. The molecule has 0 saturated carbocycles. The molecule has 3 rings (SSSR count). The summed E-state index contributed by atoms with van der Waals surface area (Å²) in [6.07, 6.45) is 0. The Hall–Kier alpha value is -1.20. The van der Waals surface area contributed by atoms with Gasteiger partial charge in [-0.1, -0.05) is 28.1 Å². The predicted octanol–water partition coefficient (Wildman–Crippen LogP) is 2.68. The van der Waals surface area contributed by atoms with Crippen molar-refractivity contribution in [3.05, 3.63) is 34.1 Å². The number of fused-ring (bicyclic) bond motifs is 1. The molecule has 18 heavy (non-hydrogen) atoms. The third kappa shape index (κ3) is 1.87. The average Bonchev–Trinajstić information content (AvgIpc) is 2.78. The Morgan fingerprint density at radius 3 is 3.00 bits per heavy atom. The van der Waals surface area contributed by atoms with E-state index in [2.05, 4.69) is 68.1 Å². The molecule has 0 aliphatic carbocycles. The van der Waals surface area contributed by atoms with Gasteiger partial charge in [0.25, 0.3) is 0 Å². The van der Waals surface area contributed by atoms with Crippen LogP contribution in [-0.2, 0) is 6.54 Å². The van der Waals surface area contributed by atoms with E-state index in [4.69, 9.17) is 0 Å². The SMILES string of the molecule is Cc1ccc(-c2nnc3n2CCNC3C)cc1Br. The van der Waals surface area contributed by atoms with Gasteiger partial charge in [-0.2, -0.15) is 0 Å². The molecule has 0 spiro atoms. The van der Waals surface area contributed by atoms with Gasteiger partial charge < -0.3 is 9.88 Å². The summed E-state index contributed by atoms with van der Waals surface area (Å²) in [5, 5.41) is 12.0. The number of halogens is 1. The van der Waals surface area contributed by atoms with E-state index in [0.29, 0.717) is 0 Å². The highest BCUT2D eigenvalue weighted by Crippen LogP contribution is 2.27. The molecule has 5 heteroatoms. The Labute approximate surface area is 115 Å². The Morgan fingerprint density at radius 1 is 1.39 bits per heavy atom. The van der Waals surface area contributed by atoms with Crippen LogP contribution in [0, 0.1) is 6.92 Å². The summed E-state index contributed by atoms with van der Waals surface area (Å²) in [7, 11) is 0. The summed E-state index contributed by atoms with van der Waals surface area (Å²) < 4.78 is 3.32. The highest BCUT2D eigenvalue weighted by Gasteiger charge is 2.22. The summed E-state index contributed by atoms with van der Waals surface area (Å²) in [6.45, 7) is 6.09. The van der Waals surface area contributed by atoms with E-state index in [1.165, 1.54) is 5.56 Å². The molecule has 0 saturated heterocycles. The topological polar surface area (TPSA) is 42.7 Å². The van der Waals surface area contributed by atoms with E-state index < -0.39 is 0 Å². The third-order valence-corrected chi connectivity index (χ3v) is 4.24. The molecule has 4 nitrogen and oxygen atoms in total.